The van der Waals surface area contributed by atoms with Crippen LogP contribution in [0, 0.1) is 0 Å². The molecule has 0 aliphatic heterocycles. The van der Waals surface area contributed by atoms with Crippen molar-refractivity contribution < 1.29 is 0 Å². The van der Waals surface area contributed by atoms with Crippen LogP contribution in [0.1, 0.15) is 49.1 Å². The monoisotopic (exact) mass is 309 g/mol. The van der Waals surface area contributed by atoms with Gasteiger partial charge in [0.2, 0.25) is 0 Å². The summed E-state index contributed by atoms with van der Waals surface area (Å²) in [7, 11) is 4.33. The van der Waals surface area contributed by atoms with E-state index in [4.69, 9.17) is 0 Å². The highest BCUT2D eigenvalue weighted by atomic mass is 15.0. The fourth-order valence-electron chi connectivity index (χ4n) is 3.22. The van der Waals surface area contributed by atoms with E-state index in [0.717, 1.165) is 0 Å². The maximum absolute atomic E-state index is 2.30. The molecule has 0 amide bonds. The van der Waals surface area contributed by atoms with E-state index < -0.39 is 0 Å². The Kier molecular flexibility index (Phi) is 7.89. The number of nitrogens with zero attached hydrogens (tertiary/aromatic N) is 1. The molecule has 0 saturated carbocycles. The molecule has 0 N–H and O–H groups in total. The van der Waals surface area contributed by atoms with Crippen molar-refractivity contribution in [3.63, 3.8) is 0 Å². The van der Waals surface area contributed by atoms with Gasteiger partial charge in [-0.1, -0.05) is 67.1 Å². The van der Waals surface area contributed by atoms with Gasteiger partial charge in [0.05, 0.1) is 0 Å². The Morgan fingerprint density at radius 1 is 0.739 bits per heavy atom. The molecule has 0 aliphatic rings. The number of aryl methyl sites for hydroxylation is 1. The van der Waals surface area contributed by atoms with Crippen LogP contribution in [0.15, 0.2) is 60.7 Å². The minimum absolute atomic E-state index is 0.715. The van der Waals surface area contributed by atoms with E-state index in [1.54, 1.807) is 0 Å². The molecule has 2 aromatic carbocycles. The summed E-state index contributed by atoms with van der Waals surface area (Å²) in [5, 5.41) is 0. The Bertz CT molecular complexity index is 518. The van der Waals surface area contributed by atoms with Gasteiger partial charge in [0, 0.05) is 0 Å². The first kappa shape index (κ1) is 17.7. The Labute approximate surface area is 142 Å². The zero-order chi connectivity index (χ0) is 16.3. The molecule has 2 aromatic rings. The van der Waals surface area contributed by atoms with Crippen molar-refractivity contribution in [1.29, 1.82) is 0 Å². The van der Waals surface area contributed by atoms with Gasteiger partial charge >= 0.3 is 0 Å². The lowest BCUT2D eigenvalue weighted by atomic mass is 9.89. The lowest BCUT2D eigenvalue weighted by Crippen LogP contribution is -2.14. The molecule has 1 heteroatoms. The van der Waals surface area contributed by atoms with Crippen LogP contribution in [0.3, 0.4) is 0 Å². The summed E-state index contributed by atoms with van der Waals surface area (Å²) in [6.07, 6.45) is 7.71. The SMILES string of the molecule is CN(C)CCCC(CCCCc1ccccc1)c1ccccc1. The second-order valence-corrected chi connectivity index (χ2v) is 6.78. The van der Waals surface area contributed by atoms with Crippen molar-refractivity contribution in [2.24, 2.45) is 0 Å². The van der Waals surface area contributed by atoms with Gasteiger partial charge in [-0.15, -0.1) is 0 Å². The van der Waals surface area contributed by atoms with Crippen molar-refractivity contribution in [3.8, 4) is 0 Å². The molecule has 0 fully saturated rings. The number of rotatable bonds is 10. The molecule has 0 aliphatic carbocycles. The molecule has 1 atom stereocenters. The summed E-state index contributed by atoms with van der Waals surface area (Å²) in [5.74, 6) is 0.715. The molecule has 0 spiro atoms. The Balaban J connectivity index is 1.80. The minimum Gasteiger partial charge on any atom is -0.309 e. The van der Waals surface area contributed by atoms with Crippen LogP contribution < -0.4 is 0 Å². The Hall–Kier alpha value is -1.60. The number of unbranched alkanes of at least 4 members (excludes halogenated alkanes) is 1. The van der Waals surface area contributed by atoms with Crippen LogP contribution >= 0.6 is 0 Å². The molecule has 1 unspecified atom stereocenters. The third kappa shape index (κ3) is 7.00. The Morgan fingerprint density at radius 3 is 2.00 bits per heavy atom. The molecule has 1 nitrogen and oxygen atoms in total. The van der Waals surface area contributed by atoms with Crippen LogP contribution in [0.25, 0.3) is 0 Å². The zero-order valence-electron chi connectivity index (χ0n) is 14.7. The smallest absolute Gasteiger partial charge is 0.00246 e. The van der Waals surface area contributed by atoms with Gasteiger partial charge in [-0.3, -0.25) is 0 Å². The first-order valence-electron chi connectivity index (χ1n) is 8.99. The van der Waals surface area contributed by atoms with Crippen LogP contribution in [-0.4, -0.2) is 25.5 Å². The predicted molar refractivity (Wildman–Crippen MR) is 101 cm³/mol. The van der Waals surface area contributed by atoms with E-state index >= 15 is 0 Å². The van der Waals surface area contributed by atoms with Crippen molar-refractivity contribution in [3.05, 3.63) is 71.8 Å². The molecule has 0 saturated heterocycles. The molecule has 2 rings (SSSR count). The van der Waals surface area contributed by atoms with Gasteiger partial charge in [0.1, 0.15) is 0 Å². The van der Waals surface area contributed by atoms with Gasteiger partial charge in [0.25, 0.3) is 0 Å². The van der Waals surface area contributed by atoms with E-state index in [9.17, 15) is 0 Å². The van der Waals surface area contributed by atoms with Crippen molar-refractivity contribution >= 4 is 0 Å². The topological polar surface area (TPSA) is 3.24 Å². The molecular formula is C22H31N. The first-order valence-corrected chi connectivity index (χ1v) is 8.99. The number of hydrogen-bond donors (Lipinski definition) is 0. The molecule has 0 bridgehead atoms. The lowest BCUT2D eigenvalue weighted by molar-refractivity contribution is 0.379. The fourth-order valence-corrected chi connectivity index (χ4v) is 3.22. The highest BCUT2D eigenvalue weighted by molar-refractivity contribution is 5.19. The van der Waals surface area contributed by atoms with E-state index in [1.165, 1.54) is 56.2 Å². The zero-order valence-corrected chi connectivity index (χ0v) is 14.7. The van der Waals surface area contributed by atoms with Gasteiger partial charge < -0.3 is 4.90 Å². The normalized spacial score (nSPS) is 12.5. The van der Waals surface area contributed by atoms with Gasteiger partial charge in [-0.25, -0.2) is 0 Å². The maximum atomic E-state index is 2.30. The molecule has 0 heterocycles. The fraction of sp³-hybridized carbons (Fsp3) is 0.455. The van der Waals surface area contributed by atoms with Crippen LogP contribution in [-0.2, 0) is 6.42 Å². The van der Waals surface area contributed by atoms with Gasteiger partial charge in [0.15, 0.2) is 0 Å². The van der Waals surface area contributed by atoms with E-state index in [2.05, 4.69) is 79.7 Å². The van der Waals surface area contributed by atoms with E-state index in [1.807, 2.05) is 0 Å². The molecule has 124 valence electrons. The first-order chi connectivity index (χ1) is 11.3. The Morgan fingerprint density at radius 2 is 1.35 bits per heavy atom. The predicted octanol–water partition coefficient (Wildman–Crippen LogP) is 5.53. The molecule has 23 heavy (non-hydrogen) atoms. The minimum atomic E-state index is 0.715. The second kappa shape index (κ2) is 10.2. The largest absolute Gasteiger partial charge is 0.309 e. The summed E-state index contributed by atoms with van der Waals surface area (Å²) >= 11 is 0. The van der Waals surface area contributed by atoms with Crippen molar-refractivity contribution in [2.75, 3.05) is 20.6 Å². The summed E-state index contributed by atoms with van der Waals surface area (Å²) < 4.78 is 0. The average molecular weight is 309 g/mol. The molecular weight excluding hydrogens is 278 g/mol. The number of benzene rings is 2. The van der Waals surface area contributed by atoms with E-state index in [-0.39, 0.29) is 0 Å². The van der Waals surface area contributed by atoms with Gasteiger partial charge in [-0.2, -0.15) is 0 Å². The molecule has 0 radical (unpaired) electrons. The third-order valence-corrected chi connectivity index (χ3v) is 4.54. The van der Waals surface area contributed by atoms with Gasteiger partial charge in [-0.05, 0) is 69.8 Å². The standard InChI is InChI=1S/C22H31N/c1-23(2)19-11-18-22(21-15-7-4-8-16-21)17-10-9-14-20-12-5-3-6-13-20/h3-8,12-13,15-16,22H,9-11,14,17-19H2,1-2H3. The summed E-state index contributed by atoms with van der Waals surface area (Å²) in [6, 6.07) is 21.9. The highest BCUT2D eigenvalue weighted by Crippen LogP contribution is 2.27. The number of hydrogen-bond acceptors (Lipinski definition) is 1. The second-order valence-electron chi connectivity index (χ2n) is 6.78. The van der Waals surface area contributed by atoms with Crippen molar-refractivity contribution in [2.45, 2.75) is 44.4 Å². The van der Waals surface area contributed by atoms with E-state index in [0.29, 0.717) is 5.92 Å². The highest BCUT2D eigenvalue weighted by Gasteiger charge is 2.11. The van der Waals surface area contributed by atoms with Crippen LogP contribution in [0.2, 0.25) is 0 Å². The lowest BCUT2D eigenvalue weighted by Gasteiger charge is -2.19. The average Bonchev–Trinajstić information content (AvgIpc) is 2.58. The third-order valence-electron chi connectivity index (χ3n) is 4.54. The van der Waals surface area contributed by atoms with Crippen LogP contribution in [0.4, 0.5) is 0 Å². The van der Waals surface area contributed by atoms with Crippen molar-refractivity contribution in [1.82, 2.24) is 4.90 Å². The quantitative estimate of drug-likeness (QED) is 0.522. The summed E-state index contributed by atoms with van der Waals surface area (Å²) in [6.45, 7) is 1.19. The summed E-state index contributed by atoms with van der Waals surface area (Å²) in [5.41, 5.74) is 2.99. The maximum Gasteiger partial charge on any atom is -0.00246 e. The van der Waals surface area contributed by atoms with Crippen LogP contribution in [0.5, 0.6) is 0 Å². The summed E-state index contributed by atoms with van der Waals surface area (Å²) in [4.78, 5) is 2.29. The molecule has 0 aromatic heterocycles.